The molecule has 0 bridgehead atoms. The SMILES string of the molecule is NNC(Cc1ccc2ccccc2c1)c1ccc(Cl)s1. The second-order valence-electron chi connectivity index (χ2n) is 4.75. The maximum Gasteiger partial charge on any atom is 0.0931 e. The van der Waals surface area contributed by atoms with Gasteiger partial charge in [0.25, 0.3) is 0 Å². The Bertz CT molecular complexity index is 723. The predicted molar refractivity (Wildman–Crippen MR) is 87.0 cm³/mol. The molecule has 0 amide bonds. The molecule has 3 rings (SSSR count). The van der Waals surface area contributed by atoms with E-state index < -0.39 is 0 Å². The number of thiophene rings is 1. The Morgan fingerprint density at radius 2 is 1.85 bits per heavy atom. The zero-order valence-corrected chi connectivity index (χ0v) is 12.4. The van der Waals surface area contributed by atoms with Crippen LogP contribution in [0, 0.1) is 0 Å². The molecular formula is C16H15ClN2S. The summed E-state index contributed by atoms with van der Waals surface area (Å²) in [5, 5.41) is 2.51. The molecule has 3 aromatic rings. The first-order valence-electron chi connectivity index (χ1n) is 6.45. The summed E-state index contributed by atoms with van der Waals surface area (Å²) in [7, 11) is 0. The Balaban J connectivity index is 1.87. The summed E-state index contributed by atoms with van der Waals surface area (Å²) in [4.78, 5) is 1.16. The number of nitrogens with one attached hydrogen (secondary N) is 1. The second kappa shape index (κ2) is 5.94. The van der Waals surface area contributed by atoms with Crippen molar-refractivity contribution in [2.75, 3.05) is 0 Å². The second-order valence-corrected chi connectivity index (χ2v) is 6.49. The van der Waals surface area contributed by atoms with Gasteiger partial charge >= 0.3 is 0 Å². The van der Waals surface area contributed by atoms with Crippen LogP contribution in [0.2, 0.25) is 4.34 Å². The molecule has 0 radical (unpaired) electrons. The van der Waals surface area contributed by atoms with Gasteiger partial charge in [-0.2, -0.15) is 0 Å². The Labute approximate surface area is 127 Å². The standard InChI is InChI=1S/C16H15ClN2S/c17-16-8-7-15(20-16)14(19-18)10-11-5-6-12-3-1-2-4-13(12)9-11/h1-9,14,19H,10,18H2. The third-order valence-electron chi connectivity index (χ3n) is 3.39. The summed E-state index contributed by atoms with van der Waals surface area (Å²) in [5.74, 6) is 5.69. The van der Waals surface area contributed by atoms with E-state index in [1.54, 1.807) is 11.3 Å². The maximum absolute atomic E-state index is 5.99. The van der Waals surface area contributed by atoms with Crippen molar-refractivity contribution in [3.8, 4) is 0 Å². The number of hydrogen-bond acceptors (Lipinski definition) is 3. The van der Waals surface area contributed by atoms with Gasteiger partial charge in [0, 0.05) is 4.88 Å². The average molecular weight is 303 g/mol. The predicted octanol–water partition coefficient (Wildman–Crippen LogP) is 4.30. The molecule has 1 aromatic heterocycles. The summed E-state index contributed by atoms with van der Waals surface area (Å²) < 4.78 is 0.791. The molecule has 2 nitrogen and oxygen atoms in total. The lowest BCUT2D eigenvalue weighted by Gasteiger charge is -2.14. The first-order chi connectivity index (χ1) is 9.76. The molecule has 1 unspecified atom stereocenters. The zero-order chi connectivity index (χ0) is 13.9. The van der Waals surface area contributed by atoms with E-state index in [-0.39, 0.29) is 6.04 Å². The lowest BCUT2D eigenvalue weighted by molar-refractivity contribution is 0.561. The molecule has 102 valence electrons. The molecule has 3 N–H and O–H groups in total. The largest absolute Gasteiger partial charge is 0.271 e. The molecular weight excluding hydrogens is 288 g/mol. The number of hydrogen-bond donors (Lipinski definition) is 2. The number of rotatable bonds is 4. The molecule has 0 aliphatic heterocycles. The third kappa shape index (κ3) is 2.86. The lowest BCUT2D eigenvalue weighted by atomic mass is 10.0. The normalized spacial score (nSPS) is 12.7. The van der Waals surface area contributed by atoms with Crippen LogP contribution in [0.25, 0.3) is 10.8 Å². The molecule has 0 aliphatic carbocycles. The fourth-order valence-corrected chi connectivity index (χ4v) is 3.48. The summed E-state index contributed by atoms with van der Waals surface area (Å²) in [6, 6.07) is 18.9. The van der Waals surface area contributed by atoms with Gasteiger partial charge in [0.05, 0.1) is 10.4 Å². The van der Waals surface area contributed by atoms with Crippen molar-refractivity contribution in [3.63, 3.8) is 0 Å². The van der Waals surface area contributed by atoms with Gasteiger partial charge in [0.1, 0.15) is 0 Å². The summed E-state index contributed by atoms with van der Waals surface area (Å²) in [6.07, 6.45) is 0.845. The van der Waals surface area contributed by atoms with Gasteiger partial charge in [-0.05, 0) is 34.9 Å². The quantitative estimate of drug-likeness (QED) is 0.557. The fourth-order valence-electron chi connectivity index (χ4n) is 2.36. The minimum Gasteiger partial charge on any atom is -0.271 e. The molecule has 2 aromatic carbocycles. The number of hydrazine groups is 1. The summed E-state index contributed by atoms with van der Waals surface area (Å²) >= 11 is 7.56. The Morgan fingerprint density at radius 1 is 1.05 bits per heavy atom. The molecule has 0 spiro atoms. The van der Waals surface area contributed by atoms with Crippen molar-refractivity contribution in [1.29, 1.82) is 0 Å². The van der Waals surface area contributed by atoms with E-state index in [1.807, 2.05) is 12.1 Å². The number of benzene rings is 2. The minimum atomic E-state index is 0.0914. The van der Waals surface area contributed by atoms with E-state index in [0.29, 0.717) is 0 Å². The number of halogens is 1. The summed E-state index contributed by atoms with van der Waals surface area (Å²) in [5.41, 5.74) is 4.14. The van der Waals surface area contributed by atoms with Gasteiger partial charge in [-0.1, -0.05) is 54.1 Å². The van der Waals surface area contributed by atoms with Crippen molar-refractivity contribution in [3.05, 3.63) is 69.4 Å². The number of fused-ring (bicyclic) bond motifs is 1. The van der Waals surface area contributed by atoms with Gasteiger partial charge < -0.3 is 0 Å². The van der Waals surface area contributed by atoms with Crippen LogP contribution in [0.4, 0.5) is 0 Å². The highest BCUT2D eigenvalue weighted by Crippen LogP contribution is 2.29. The topological polar surface area (TPSA) is 38.0 Å². The first-order valence-corrected chi connectivity index (χ1v) is 7.65. The molecule has 0 aliphatic rings. The van der Waals surface area contributed by atoms with Crippen molar-refractivity contribution in [2.24, 2.45) is 5.84 Å². The molecule has 4 heteroatoms. The van der Waals surface area contributed by atoms with E-state index in [2.05, 4.69) is 47.9 Å². The Hall–Kier alpha value is -1.39. The average Bonchev–Trinajstić information content (AvgIpc) is 2.91. The fraction of sp³-hybridized carbons (Fsp3) is 0.125. The van der Waals surface area contributed by atoms with Crippen LogP contribution in [-0.4, -0.2) is 0 Å². The highest BCUT2D eigenvalue weighted by atomic mass is 35.5. The van der Waals surface area contributed by atoms with Crippen LogP contribution in [0.15, 0.2) is 54.6 Å². The first kappa shape index (κ1) is 13.6. The van der Waals surface area contributed by atoms with Crippen molar-refractivity contribution in [2.45, 2.75) is 12.5 Å². The van der Waals surface area contributed by atoms with E-state index in [4.69, 9.17) is 17.4 Å². The smallest absolute Gasteiger partial charge is 0.0931 e. The molecule has 20 heavy (non-hydrogen) atoms. The molecule has 0 saturated carbocycles. The van der Waals surface area contributed by atoms with Crippen LogP contribution < -0.4 is 11.3 Å². The van der Waals surface area contributed by atoms with E-state index in [0.717, 1.165) is 15.6 Å². The molecule has 1 heterocycles. The van der Waals surface area contributed by atoms with Gasteiger partial charge in [0.15, 0.2) is 0 Å². The molecule has 0 fully saturated rings. The van der Waals surface area contributed by atoms with E-state index >= 15 is 0 Å². The van der Waals surface area contributed by atoms with Crippen LogP contribution >= 0.6 is 22.9 Å². The van der Waals surface area contributed by atoms with Crippen molar-refractivity contribution in [1.82, 2.24) is 5.43 Å². The van der Waals surface area contributed by atoms with Crippen LogP contribution in [0.3, 0.4) is 0 Å². The highest BCUT2D eigenvalue weighted by Gasteiger charge is 2.13. The monoisotopic (exact) mass is 302 g/mol. The van der Waals surface area contributed by atoms with E-state index in [9.17, 15) is 0 Å². The Morgan fingerprint density at radius 3 is 2.55 bits per heavy atom. The summed E-state index contributed by atoms with van der Waals surface area (Å²) in [6.45, 7) is 0. The Kier molecular flexibility index (Phi) is 4.03. The molecule has 0 saturated heterocycles. The van der Waals surface area contributed by atoms with Gasteiger partial charge in [-0.15, -0.1) is 11.3 Å². The zero-order valence-electron chi connectivity index (χ0n) is 10.8. The lowest BCUT2D eigenvalue weighted by Crippen LogP contribution is -2.28. The molecule has 1 atom stereocenters. The van der Waals surface area contributed by atoms with E-state index in [1.165, 1.54) is 16.3 Å². The van der Waals surface area contributed by atoms with Crippen LogP contribution in [0.5, 0.6) is 0 Å². The third-order valence-corrected chi connectivity index (χ3v) is 4.74. The highest BCUT2D eigenvalue weighted by molar-refractivity contribution is 7.16. The van der Waals surface area contributed by atoms with Crippen molar-refractivity contribution < 1.29 is 0 Å². The van der Waals surface area contributed by atoms with Crippen LogP contribution in [0.1, 0.15) is 16.5 Å². The van der Waals surface area contributed by atoms with Gasteiger partial charge in [0.2, 0.25) is 0 Å². The van der Waals surface area contributed by atoms with Gasteiger partial charge in [-0.25, -0.2) is 0 Å². The van der Waals surface area contributed by atoms with Crippen molar-refractivity contribution >= 4 is 33.7 Å². The van der Waals surface area contributed by atoms with Gasteiger partial charge in [-0.3, -0.25) is 11.3 Å². The number of nitrogens with two attached hydrogens (primary N) is 1. The maximum atomic E-state index is 5.99. The minimum absolute atomic E-state index is 0.0914. The van der Waals surface area contributed by atoms with Crippen LogP contribution in [-0.2, 0) is 6.42 Å².